The normalized spacial score (nSPS) is 20.1. The van der Waals surface area contributed by atoms with Crippen LogP contribution in [0.3, 0.4) is 0 Å². The topological polar surface area (TPSA) is 78.2 Å². The summed E-state index contributed by atoms with van der Waals surface area (Å²) in [4.78, 5) is 35.2. The third kappa shape index (κ3) is 1.28. The van der Waals surface area contributed by atoms with E-state index in [9.17, 15) is 14.4 Å². The average molecular weight is 214 g/mol. The Morgan fingerprint density at radius 3 is 2.25 bits per heavy atom. The van der Waals surface area contributed by atoms with Gasteiger partial charge in [0.2, 0.25) is 5.78 Å². The number of nitrogens with zero attached hydrogens (tertiary/aromatic N) is 2. The molecule has 0 radical (unpaired) electrons. The summed E-state index contributed by atoms with van der Waals surface area (Å²) in [5.74, 6) is -4.17. The van der Waals surface area contributed by atoms with E-state index in [4.69, 9.17) is 5.26 Å². The second-order valence-electron chi connectivity index (χ2n) is 3.24. The molecule has 0 N–H and O–H groups in total. The number of hydrogen-bond acceptors (Lipinski definition) is 4. The van der Waals surface area contributed by atoms with Crippen molar-refractivity contribution in [2.45, 2.75) is 0 Å². The largest absolute Gasteiger partial charge is 0.303 e. The van der Waals surface area contributed by atoms with E-state index in [-0.39, 0.29) is 0 Å². The predicted molar refractivity (Wildman–Crippen MR) is 53.0 cm³/mol. The van der Waals surface area contributed by atoms with Crippen LogP contribution in [0.2, 0.25) is 0 Å². The smallest absolute Gasteiger partial charge is 0.287 e. The van der Waals surface area contributed by atoms with Crippen LogP contribution in [0.4, 0.5) is 5.69 Å². The maximum atomic E-state index is 11.6. The van der Waals surface area contributed by atoms with Gasteiger partial charge >= 0.3 is 5.91 Å². The molecule has 16 heavy (non-hydrogen) atoms. The molecule has 0 unspecified atom stereocenters. The van der Waals surface area contributed by atoms with Gasteiger partial charge in [0.15, 0.2) is 5.92 Å². The van der Waals surface area contributed by atoms with Crippen molar-refractivity contribution in [2.75, 3.05) is 4.90 Å². The number of rotatable bonds is 1. The van der Waals surface area contributed by atoms with E-state index in [1.54, 1.807) is 18.2 Å². The first kappa shape index (κ1) is 10.1. The van der Waals surface area contributed by atoms with E-state index in [1.165, 1.54) is 18.2 Å². The summed E-state index contributed by atoms with van der Waals surface area (Å²) in [6.07, 6.45) is 0. The van der Waals surface area contributed by atoms with E-state index in [0.717, 1.165) is 4.90 Å². The molecular weight excluding hydrogens is 208 g/mol. The van der Waals surface area contributed by atoms with Crippen LogP contribution < -0.4 is 4.90 Å². The first-order valence-corrected chi connectivity index (χ1v) is 4.53. The monoisotopic (exact) mass is 214 g/mol. The van der Waals surface area contributed by atoms with Gasteiger partial charge in [-0.15, -0.1) is 0 Å². The number of nitriles is 1. The lowest BCUT2D eigenvalue weighted by atomic mass is 10.1. The fourth-order valence-electron chi connectivity index (χ4n) is 1.51. The van der Waals surface area contributed by atoms with Crippen molar-refractivity contribution in [3.05, 3.63) is 30.3 Å². The Morgan fingerprint density at radius 1 is 1.12 bits per heavy atom. The summed E-state index contributed by atoms with van der Waals surface area (Å²) >= 11 is 0. The van der Waals surface area contributed by atoms with Crippen molar-refractivity contribution >= 4 is 23.3 Å². The Hall–Kier alpha value is -2.48. The van der Waals surface area contributed by atoms with Crippen molar-refractivity contribution in [2.24, 2.45) is 5.92 Å². The molecule has 0 bridgehead atoms. The number of benzene rings is 1. The number of hydrogen-bond donors (Lipinski definition) is 0. The lowest BCUT2D eigenvalue weighted by molar-refractivity contribution is -0.135. The van der Waals surface area contributed by atoms with Crippen LogP contribution >= 0.6 is 0 Å². The highest BCUT2D eigenvalue weighted by Gasteiger charge is 2.47. The first-order valence-electron chi connectivity index (χ1n) is 4.53. The molecule has 1 atom stereocenters. The highest BCUT2D eigenvalue weighted by molar-refractivity contribution is 6.56. The number of amides is 2. The summed E-state index contributed by atoms with van der Waals surface area (Å²) in [7, 11) is 0. The van der Waals surface area contributed by atoms with Gasteiger partial charge in [0, 0.05) is 0 Å². The van der Waals surface area contributed by atoms with Crippen LogP contribution in [0.25, 0.3) is 0 Å². The van der Waals surface area contributed by atoms with Gasteiger partial charge in [-0.25, -0.2) is 4.90 Å². The zero-order valence-corrected chi connectivity index (χ0v) is 8.08. The molecule has 0 aromatic heterocycles. The Kier molecular flexibility index (Phi) is 2.25. The van der Waals surface area contributed by atoms with Crippen molar-refractivity contribution in [1.82, 2.24) is 0 Å². The molecule has 1 aromatic carbocycles. The Balaban J connectivity index is 2.46. The fraction of sp³-hybridized carbons (Fsp3) is 0.0909. The van der Waals surface area contributed by atoms with Crippen molar-refractivity contribution < 1.29 is 14.4 Å². The average Bonchev–Trinajstić information content (AvgIpc) is 2.51. The van der Waals surface area contributed by atoms with Gasteiger partial charge in [-0.2, -0.15) is 5.26 Å². The summed E-state index contributed by atoms with van der Waals surface area (Å²) in [5, 5.41) is 8.62. The molecule has 1 aromatic rings. The zero-order chi connectivity index (χ0) is 11.7. The van der Waals surface area contributed by atoms with Gasteiger partial charge in [-0.05, 0) is 12.1 Å². The number of carbonyl (C=O) groups is 3. The van der Waals surface area contributed by atoms with Gasteiger partial charge in [0.25, 0.3) is 5.91 Å². The van der Waals surface area contributed by atoms with Crippen LogP contribution in [0.15, 0.2) is 30.3 Å². The molecular formula is C11H6N2O3. The summed E-state index contributed by atoms with van der Waals surface area (Å²) in [6.45, 7) is 0. The van der Waals surface area contributed by atoms with Gasteiger partial charge < -0.3 is 0 Å². The number of anilines is 1. The van der Waals surface area contributed by atoms with E-state index < -0.39 is 23.5 Å². The van der Waals surface area contributed by atoms with Gasteiger partial charge in [-0.3, -0.25) is 14.4 Å². The van der Waals surface area contributed by atoms with E-state index in [0.29, 0.717) is 5.69 Å². The van der Waals surface area contributed by atoms with Gasteiger partial charge in [0.05, 0.1) is 11.8 Å². The minimum Gasteiger partial charge on any atom is -0.287 e. The molecule has 2 rings (SSSR count). The van der Waals surface area contributed by atoms with E-state index >= 15 is 0 Å². The molecule has 1 heterocycles. The van der Waals surface area contributed by atoms with Crippen molar-refractivity contribution in [3.63, 3.8) is 0 Å². The molecule has 78 valence electrons. The maximum Gasteiger partial charge on any atom is 0.303 e. The van der Waals surface area contributed by atoms with Crippen LogP contribution in [-0.4, -0.2) is 17.6 Å². The third-order valence-electron chi connectivity index (χ3n) is 2.29. The van der Waals surface area contributed by atoms with E-state index in [2.05, 4.69) is 0 Å². The predicted octanol–water partition coefficient (Wildman–Crippen LogP) is 0.269. The van der Waals surface area contributed by atoms with Gasteiger partial charge in [-0.1, -0.05) is 18.2 Å². The summed E-state index contributed by atoms with van der Waals surface area (Å²) < 4.78 is 0. The summed E-state index contributed by atoms with van der Waals surface area (Å²) in [6, 6.07) is 9.59. The molecule has 5 heteroatoms. The maximum absolute atomic E-state index is 11.6. The van der Waals surface area contributed by atoms with Crippen LogP contribution in [0.5, 0.6) is 0 Å². The molecule has 0 saturated carbocycles. The van der Waals surface area contributed by atoms with Crippen molar-refractivity contribution in [1.29, 1.82) is 5.26 Å². The first-order chi connectivity index (χ1) is 7.66. The Morgan fingerprint density at radius 2 is 1.75 bits per heavy atom. The quantitative estimate of drug-likeness (QED) is 0.382. The number of ketones is 1. The highest BCUT2D eigenvalue weighted by atomic mass is 16.2. The van der Waals surface area contributed by atoms with Gasteiger partial charge in [0.1, 0.15) is 0 Å². The molecule has 1 fully saturated rings. The molecule has 2 amide bonds. The zero-order valence-electron chi connectivity index (χ0n) is 8.08. The molecule has 1 saturated heterocycles. The Labute approximate surface area is 90.9 Å². The second kappa shape index (κ2) is 3.59. The molecule has 5 nitrogen and oxygen atoms in total. The van der Waals surface area contributed by atoms with Crippen LogP contribution in [0, 0.1) is 17.2 Å². The second-order valence-corrected chi connectivity index (χ2v) is 3.24. The molecule has 0 spiro atoms. The van der Waals surface area contributed by atoms with Crippen LogP contribution in [0.1, 0.15) is 0 Å². The third-order valence-corrected chi connectivity index (χ3v) is 2.29. The molecule has 0 aliphatic carbocycles. The number of Topliss-reactive ketones (excluding diaryl/α,β-unsaturated/α-hetero) is 1. The summed E-state index contributed by atoms with van der Waals surface area (Å²) in [5.41, 5.74) is 0.309. The SMILES string of the molecule is N#C[C@H]1C(=O)C(=O)N(c2ccccc2)C1=O. The lowest BCUT2D eigenvalue weighted by Gasteiger charge is -2.11. The number of para-hydroxylation sites is 1. The lowest BCUT2D eigenvalue weighted by Crippen LogP contribution is -2.30. The van der Waals surface area contributed by atoms with Crippen molar-refractivity contribution in [3.8, 4) is 6.07 Å². The number of carbonyl (C=O) groups excluding carboxylic acids is 3. The highest BCUT2D eigenvalue weighted by Crippen LogP contribution is 2.23. The van der Waals surface area contributed by atoms with Crippen LogP contribution in [-0.2, 0) is 14.4 Å². The molecule has 1 aliphatic rings. The fourth-order valence-corrected chi connectivity index (χ4v) is 1.51. The minimum atomic E-state index is -1.49. The standard InChI is InChI=1S/C11H6N2O3/c12-6-8-9(14)11(16)13(10(8)15)7-4-2-1-3-5-7/h1-5,8H/t8-/m0/s1. The number of imide groups is 1. The minimum absolute atomic E-state index is 0.309. The Bertz CT molecular complexity index is 516. The van der Waals surface area contributed by atoms with E-state index in [1.807, 2.05) is 0 Å². The molecule has 1 aliphatic heterocycles.